The Balaban J connectivity index is 1.70. The van der Waals surface area contributed by atoms with Gasteiger partial charge in [0.25, 0.3) is 0 Å². The highest BCUT2D eigenvalue weighted by Gasteiger charge is 2.27. The van der Waals surface area contributed by atoms with Crippen molar-refractivity contribution in [2.24, 2.45) is 11.7 Å². The Morgan fingerprint density at radius 1 is 1.32 bits per heavy atom. The first-order chi connectivity index (χ1) is 9.18. The van der Waals surface area contributed by atoms with Crippen molar-refractivity contribution in [3.8, 4) is 0 Å². The molecule has 0 spiro atoms. The molecule has 1 aliphatic carbocycles. The molecule has 3 N–H and O–H groups in total. The van der Waals surface area contributed by atoms with E-state index in [0.717, 1.165) is 32.6 Å². The first-order valence-electron chi connectivity index (χ1n) is 7.34. The number of ether oxygens (including phenoxy) is 1. The van der Waals surface area contributed by atoms with Gasteiger partial charge in [0.2, 0.25) is 0 Å². The molecule has 0 heterocycles. The summed E-state index contributed by atoms with van der Waals surface area (Å²) in [7, 11) is 0. The van der Waals surface area contributed by atoms with Gasteiger partial charge in [-0.2, -0.15) is 0 Å². The molecule has 2 unspecified atom stereocenters. The predicted octanol–water partition coefficient (Wildman–Crippen LogP) is 2.78. The standard InChI is InChI=1S/C16H26N2O/c1-12(2)11-19-9-5-8-18-16-10-15(17)13-6-3-4-7-14(13)16/h3-4,6-7,12,15-16,18H,5,8-11,17H2,1-2H3. The molecule has 0 amide bonds. The summed E-state index contributed by atoms with van der Waals surface area (Å²) in [6.07, 6.45) is 2.06. The molecule has 106 valence electrons. The average molecular weight is 262 g/mol. The van der Waals surface area contributed by atoms with Gasteiger partial charge in [-0.1, -0.05) is 38.1 Å². The number of fused-ring (bicyclic) bond motifs is 1. The lowest BCUT2D eigenvalue weighted by molar-refractivity contribution is 0.107. The quantitative estimate of drug-likeness (QED) is 0.743. The summed E-state index contributed by atoms with van der Waals surface area (Å²) < 4.78 is 5.59. The molecular formula is C16H26N2O. The van der Waals surface area contributed by atoms with Crippen LogP contribution in [0.1, 0.15) is 49.9 Å². The van der Waals surface area contributed by atoms with Crippen LogP contribution in [0.25, 0.3) is 0 Å². The number of rotatable bonds is 7. The summed E-state index contributed by atoms with van der Waals surface area (Å²) in [6.45, 7) is 7.04. The summed E-state index contributed by atoms with van der Waals surface area (Å²) in [5.74, 6) is 0.618. The molecule has 19 heavy (non-hydrogen) atoms. The van der Waals surface area contributed by atoms with E-state index < -0.39 is 0 Å². The molecule has 0 bridgehead atoms. The molecule has 0 saturated carbocycles. The largest absolute Gasteiger partial charge is 0.381 e. The van der Waals surface area contributed by atoms with Crippen LogP contribution in [0.15, 0.2) is 24.3 Å². The molecule has 1 aromatic carbocycles. The lowest BCUT2D eigenvalue weighted by Gasteiger charge is -2.14. The van der Waals surface area contributed by atoms with Crippen LogP contribution in [-0.4, -0.2) is 19.8 Å². The van der Waals surface area contributed by atoms with Gasteiger partial charge in [-0.3, -0.25) is 0 Å². The summed E-state index contributed by atoms with van der Waals surface area (Å²) in [6, 6.07) is 9.10. The molecule has 3 heteroatoms. The second kappa shape index (κ2) is 7.04. The van der Waals surface area contributed by atoms with Crippen molar-refractivity contribution < 1.29 is 4.74 Å². The third-order valence-electron chi connectivity index (χ3n) is 3.57. The first-order valence-corrected chi connectivity index (χ1v) is 7.34. The third-order valence-corrected chi connectivity index (χ3v) is 3.57. The normalized spacial score (nSPS) is 21.9. The summed E-state index contributed by atoms with van der Waals surface area (Å²) >= 11 is 0. The number of nitrogens with two attached hydrogens (primary N) is 1. The highest BCUT2D eigenvalue weighted by atomic mass is 16.5. The van der Waals surface area contributed by atoms with E-state index in [1.54, 1.807) is 0 Å². The van der Waals surface area contributed by atoms with Gasteiger partial charge in [-0.15, -0.1) is 0 Å². The minimum Gasteiger partial charge on any atom is -0.381 e. The highest BCUT2D eigenvalue weighted by molar-refractivity contribution is 5.37. The van der Waals surface area contributed by atoms with Crippen molar-refractivity contribution in [1.29, 1.82) is 0 Å². The zero-order valence-corrected chi connectivity index (χ0v) is 12.1. The molecule has 2 atom stereocenters. The van der Waals surface area contributed by atoms with Crippen molar-refractivity contribution in [3.63, 3.8) is 0 Å². The van der Waals surface area contributed by atoms with E-state index in [0.29, 0.717) is 12.0 Å². The van der Waals surface area contributed by atoms with Crippen molar-refractivity contribution in [3.05, 3.63) is 35.4 Å². The summed E-state index contributed by atoms with van der Waals surface area (Å²) in [4.78, 5) is 0. The van der Waals surface area contributed by atoms with Crippen LogP contribution in [-0.2, 0) is 4.74 Å². The van der Waals surface area contributed by atoms with Gasteiger partial charge < -0.3 is 15.8 Å². The van der Waals surface area contributed by atoms with Crippen molar-refractivity contribution in [2.45, 2.75) is 38.8 Å². The van der Waals surface area contributed by atoms with Crippen LogP contribution >= 0.6 is 0 Å². The van der Waals surface area contributed by atoms with Crippen molar-refractivity contribution in [1.82, 2.24) is 5.32 Å². The van der Waals surface area contributed by atoms with Crippen LogP contribution in [0.4, 0.5) is 0 Å². The van der Waals surface area contributed by atoms with Crippen molar-refractivity contribution in [2.75, 3.05) is 19.8 Å². The Bertz CT molecular complexity index is 392. The second-order valence-corrected chi connectivity index (χ2v) is 5.80. The number of hydrogen-bond donors (Lipinski definition) is 2. The Kier molecular flexibility index (Phi) is 5.37. The zero-order chi connectivity index (χ0) is 13.7. The zero-order valence-electron chi connectivity index (χ0n) is 12.1. The molecule has 2 rings (SSSR count). The maximum atomic E-state index is 6.16. The summed E-state index contributed by atoms with van der Waals surface area (Å²) in [5.41, 5.74) is 8.83. The van der Waals surface area contributed by atoms with E-state index in [2.05, 4.69) is 43.4 Å². The van der Waals surface area contributed by atoms with Gasteiger partial charge in [0.1, 0.15) is 0 Å². The van der Waals surface area contributed by atoms with E-state index in [1.165, 1.54) is 11.1 Å². The molecule has 0 aliphatic heterocycles. The molecule has 1 aliphatic rings. The topological polar surface area (TPSA) is 47.3 Å². The third kappa shape index (κ3) is 4.03. The van der Waals surface area contributed by atoms with Gasteiger partial charge in [-0.05, 0) is 36.4 Å². The maximum absolute atomic E-state index is 6.16. The molecule has 3 nitrogen and oxygen atoms in total. The average Bonchev–Trinajstić information content (AvgIpc) is 2.71. The molecule has 0 fully saturated rings. The monoisotopic (exact) mass is 262 g/mol. The fourth-order valence-corrected chi connectivity index (χ4v) is 2.64. The van der Waals surface area contributed by atoms with Gasteiger partial charge >= 0.3 is 0 Å². The van der Waals surface area contributed by atoms with Gasteiger partial charge in [0.05, 0.1) is 0 Å². The highest BCUT2D eigenvalue weighted by Crippen LogP contribution is 2.36. The Hall–Kier alpha value is -0.900. The minimum absolute atomic E-state index is 0.186. The number of hydrogen-bond acceptors (Lipinski definition) is 3. The number of benzene rings is 1. The van der Waals surface area contributed by atoms with E-state index in [-0.39, 0.29) is 6.04 Å². The van der Waals surface area contributed by atoms with Gasteiger partial charge in [0, 0.05) is 25.3 Å². The van der Waals surface area contributed by atoms with E-state index >= 15 is 0 Å². The summed E-state index contributed by atoms with van der Waals surface area (Å²) in [5, 5.41) is 3.60. The minimum atomic E-state index is 0.186. The van der Waals surface area contributed by atoms with Crippen LogP contribution in [0.3, 0.4) is 0 Å². The maximum Gasteiger partial charge on any atom is 0.0489 e. The van der Waals surface area contributed by atoms with Crippen LogP contribution in [0.2, 0.25) is 0 Å². The van der Waals surface area contributed by atoms with Gasteiger partial charge in [0.15, 0.2) is 0 Å². The van der Waals surface area contributed by atoms with Crippen LogP contribution in [0.5, 0.6) is 0 Å². The smallest absolute Gasteiger partial charge is 0.0489 e. The Labute approximate surface area is 116 Å². The van der Waals surface area contributed by atoms with Crippen LogP contribution < -0.4 is 11.1 Å². The first kappa shape index (κ1) is 14.5. The number of nitrogens with one attached hydrogen (secondary N) is 1. The molecule has 0 radical (unpaired) electrons. The lowest BCUT2D eigenvalue weighted by atomic mass is 10.1. The lowest BCUT2D eigenvalue weighted by Crippen LogP contribution is -2.22. The van der Waals surface area contributed by atoms with Crippen molar-refractivity contribution >= 4 is 0 Å². The molecule has 0 aromatic heterocycles. The Morgan fingerprint density at radius 3 is 2.79 bits per heavy atom. The van der Waals surface area contributed by atoms with E-state index in [1.807, 2.05) is 0 Å². The SMILES string of the molecule is CC(C)COCCCNC1CC(N)c2ccccc21. The van der Waals surface area contributed by atoms with Crippen LogP contribution in [0, 0.1) is 5.92 Å². The van der Waals surface area contributed by atoms with Gasteiger partial charge in [-0.25, -0.2) is 0 Å². The molecule has 0 saturated heterocycles. The fraction of sp³-hybridized carbons (Fsp3) is 0.625. The Morgan fingerprint density at radius 2 is 2.05 bits per heavy atom. The molecule has 1 aromatic rings. The predicted molar refractivity (Wildman–Crippen MR) is 79.0 cm³/mol. The van der Waals surface area contributed by atoms with E-state index in [9.17, 15) is 0 Å². The molecular weight excluding hydrogens is 236 g/mol. The second-order valence-electron chi connectivity index (χ2n) is 5.80. The fourth-order valence-electron chi connectivity index (χ4n) is 2.64. The van der Waals surface area contributed by atoms with E-state index in [4.69, 9.17) is 10.5 Å².